The zero-order valence-corrected chi connectivity index (χ0v) is 12.0. The van der Waals surface area contributed by atoms with Crippen LogP contribution in [0.4, 0.5) is 0 Å². The molecule has 1 aromatic rings. The summed E-state index contributed by atoms with van der Waals surface area (Å²) in [7, 11) is 0. The van der Waals surface area contributed by atoms with Crippen LogP contribution in [0.3, 0.4) is 0 Å². The molecule has 1 aliphatic carbocycles. The normalized spacial score (nSPS) is 25.6. The number of aromatic nitrogens is 1. The second-order valence-corrected chi connectivity index (χ2v) is 6.03. The molecule has 110 valence electrons. The Hall–Kier alpha value is -1.63. The molecule has 1 aliphatic rings. The van der Waals surface area contributed by atoms with Crippen LogP contribution in [-0.4, -0.2) is 22.0 Å². The number of thiazole rings is 1. The van der Waals surface area contributed by atoms with Crippen molar-refractivity contribution in [2.24, 2.45) is 17.8 Å². The molecule has 0 aromatic carbocycles. The third-order valence-corrected chi connectivity index (χ3v) is 4.63. The Labute approximate surface area is 120 Å². The molecule has 0 aliphatic heterocycles. The maximum absolute atomic E-state index is 12.1. The van der Waals surface area contributed by atoms with Crippen LogP contribution in [0.5, 0.6) is 0 Å². The molecule has 0 saturated heterocycles. The van der Waals surface area contributed by atoms with Crippen LogP contribution in [0.2, 0.25) is 0 Å². The van der Waals surface area contributed by atoms with E-state index >= 15 is 0 Å². The van der Waals surface area contributed by atoms with Crippen molar-refractivity contribution in [3.05, 3.63) is 20.7 Å². The van der Waals surface area contributed by atoms with Gasteiger partial charge in [-0.25, -0.2) is 0 Å². The number of carboxylic acids is 1. The van der Waals surface area contributed by atoms with Crippen molar-refractivity contribution in [1.29, 1.82) is 0 Å². The van der Waals surface area contributed by atoms with E-state index in [1.54, 1.807) is 5.38 Å². The molecular weight excluding hydrogens is 280 g/mol. The first-order chi connectivity index (χ1) is 9.51. The molecule has 0 bridgehead atoms. The summed E-state index contributed by atoms with van der Waals surface area (Å²) in [6.45, 7) is 2.25. The number of hydrogen-bond donors (Lipinski definition) is 3. The number of carbonyl (C=O) groups excluding carboxylic acids is 1. The van der Waals surface area contributed by atoms with Crippen LogP contribution < -0.4 is 10.2 Å². The lowest BCUT2D eigenvalue weighted by molar-refractivity contribution is -0.146. The van der Waals surface area contributed by atoms with Gasteiger partial charge in [-0.05, 0) is 18.8 Å². The van der Waals surface area contributed by atoms with E-state index in [-0.39, 0.29) is 17.3 Å². The Bertz CT molecular complexity index is 551. The van der Waals surface area contributed by atoms with Crippen LogP contribution in [0.25, 0.3) is 0 Å². The zero-order chi connectivity index (χ0) is 14.7. The molecule has 1 saturated carbocycles. The standard InChI is InChI=1S/C13H18N2O4S/c1-2-7-3-9(10(4-7)12(17)18)11(16)14-5-8-6-20-13(19)15-8/h6-7,9-10H,2-5H2,1H3,(H,14,16)(H,15,19)(H,17,18)/t7?,9-,10+/m0/s1. The summed E-state index contributed by atoms with van der Waals surface area (Å²) < 4.78 is 0. The highest BCUT2D eigenvalue weighted by Gasteiger charge is 2.41. The first-order valence-corrected chi connectivity index (χ1v) is 7.56. The van der Waals surface area contributed by atoms with Crippen molar-refractivity contribution in [3.8, 4) is 0 Å². The number of rotatable bonds is 5. The van der Waals surface area contributed by atoms with Crippen molar-refractivity contribution < 1.29 is 14.7 Å². The van der Waals surface area contributed by atoms with Crippen molar-refractivity contribution in [1.82, 2.24) is 10.3 Å². The lowest BCUT2D eigenvalue weighted by atomic mass is 9.95. The molecule has 1 amide bonds. The van der Waals surface area contributed by atoms with Gasteiger partial charge < -0.3 is 15.4 Å². The van der Waals surface area contributed by atoms with Gasteiger partial charge in [-0.1, -0.05) is 24.7 Å². The molecule has 0 spiro atoms. The predicted molar refractivity (Wildman–Crippen MR) is 74.4 cm³/mol. The third-order valence-electron chi connectivity index (χ3n) is 3.92. The summed E-state index contributed by atoms with van der Waals surface area (Å²) in [6, 6.07) is 0. The molecule has 1 heterocycles. The lowest BCUT2D eigenvalue weighted by Crippen LogP contribution is -2.35. The molecule has 3 atom stereocenters. The van der Waals surface area contributed by atoms with Gasteiger partial charge in [-0.2, -0.15) is 0 Å². The molecule has 1 fully saturated rings. The van der Waals surface area contributed by atoms with E-state index in [2.05, 4.69) is 10.3 Å². The predicted octanol–water partition coefficient (Wildman–Crippen LogP) is 1.19. The van der Waals surface area contributed by atoms with E-state index in [0.29, 0.717) is 24.5 Å². The highest BCUT2D eigenvalue weighted by molar-refractivity contribution is 7.07. The van der Waals surface area contributed by atoms with E-state index in [1.807, 2.05) is 6.92 Å². The van der Waals surface area contributed by atoms with E-state index in [0.717, 1.165) is 17.8 Å². The van der Waals surface area contributed by atoms with Crippen LogP contribution in [0.15, 0.2) is 10.2 Å². The minimum absolute atomic E-state index is 0.162. The van der Waals surface area contributed by atoms with Crippen LogP contribution >= 0.6 is 11.3 Å². The highest BCUT2D eigenvalue weighted by atomic mass is 32.1. The minimum atomic E-state index is -0.898. The minimum Gasteiger partial charge on any atom is -0.481 e. The van der Waals surface area contributed by atoms with Gasteiger partial charge in [0.05, 0.1) is 18.4 Å². The van der Waals surface area contributed by atoms with Crippen LogP contribution in [-0.2, 0) is 16.1 Å². The average Bonchev–Trinajstić information content (AvgIpc) is 3.02. The Morgan fingerprint density at radius 2 is 2.15 bits per heavy atom. The molecule has 20 heavy (non-hydrogen) atoms. The summed E-state index contributed by atoms with van der Waals surface area (Å²) in [6.07, 6.45) is 2.09. The smallest absolute Gasteiger partial charge is 0.307 e. The Balaban J connectivity index is 1.96. The first-order valence-electron chi connectivity index (χ1n) is 6.68. The largest absolute Gasteiger partial charge is 0.481 e. The molecule has 1 aromatic heterocycles. The summed E-state index contributed by atoms with van der Waals surface area (Å²) in [5.74, 6) is -1.90. The summed E-state index contributed by atoms with van der Waals surface area (Å²) in [4.78, 5) is 36.8. The second-order valence-electron chi connectivity index (χ2n) is 5.19. The molecule has 6 nitrogen and oxygen atoms in total. The molecule has 1 unspecified atom stereocenters. The van der Waals surface area contributed by atoms with Gasteiger partial charge in [0.2, 0.25) is 5.91 Å². The number of hydrogen-bond acceptors (Lipinski definition) is 4. The van der Waals surface area contributed by atoms with Gasteiger partial charge in [0.15, 0.2) is 0 Å². The Morgan fingerprint density at radius 1 is 1.45 bits per heavy atom. The molecule has 7 heteroatoms. The zero-order valence-electron chi connectivity index (χ0n) is 11.2. The van der Waals surface area contributed by atoms with E-state index in [1.165, 1.54) is 0 Å². The van der Waals surface area contributed by atoms with Gasteiger partial charge in [0.25, 0.3) is 0 Å². The maximum atomic E-state index is 12.1. The number of H-pyrrole nitrogens is 1. The second kappa shape index (κ2) is 6.21. The van der Waals surface area contributed by atoms with Gasteiger partial charge >= 0.3 is 10.8 Å². The third kappa shape index (κ3) is 3.27. The van der Waals surface area contributed by atoms with Crippen LogP contribution in [0.1, 0.15) is 31.9 Å². The summed E-state index contributed by atoms with van der Waals surface area (Å²) >= 11 is 1.04. The molecule has 2 rings (SSSR count). The van der Waals surface area contributed by atoms with Gasteiger partial charge in [0.1, 0.15) is 0 Å². The van der Waals surface area contributed by atoms with Crippen molar-refractivity contribution in [2.45, 2.75) is 32.7 Å². The molecular formula is C13H18N2O4S. The Morgan fingerprint density at radius 3 is 2.70 bits per heavy atom. The monoisotopic (exact) mass is 298 g/mol. The van der Waals surface area contributed by atoms with E-state index in [9.17, 15) is 19.5 Å². The quantitative estimate of drug-likeness (QED) is 0.760. The van der Waals surface area contributed by atoms with Crippen molar-refractivity contribution in [2.75, 3.05) is 0 Å². The first kappa shape index (κ1) is 14.8. The van der Waals surface area contributed by atoms with E-state index in [4.69, 9.17) is 0 Å². The fourth-order valence-corrected chi connectivity index (χ4v) is 3.33. The number of carbonyl (C=O) groups is 2. The van der Waals surface area contributed by atoms with Crippen molar-refractivity contribution in [3.63, 3.8) is 0 Å². The highest BCUT2D eigenvalue weighted by Crippen LogP contribution is 2.38. The van der Waals surface area contributed by atoms with E-state index < -0.39 is 17.8 Å². The SMILES string of the molecule is CCC1C[C@H](C(=O)NCc2csc(=O)[nH]2)[C@H](C(=O)O)C1. The average molecular weight is 298 g/mol. The Kier molecular flexibility index (Phi) is 4.59. The van der Waals surface area contributed by atoms with Gasteiger partial charge in [-0.15, -0.1) is 0 Å². The summed E-state index contributed by atoms with van der Waals surface area (Å²) in [5.41, 5.74) is 0.644. The number of amides is 1. The molecule has 0 radical (unpaired) electrons. The van der Waals surface area contributed by atoms with Crippen molar-refractivity contribution >= 4 is 23.2 Å². The maximum Gasteiger partial charge on any atom is 0.307 e. The number of aromatic amines is 1. The topological polar surface area (TPSA) is 99.3 Å². The number of nitrogens with one attached hydrogen (secondary N) is 2. The lowest BCUT2D eigenvalue weighted by Gasteiger charge is -2.15. The van der Waals surface area contributed by atoms with Crippen LogP contribution in [0, 0.1) is 17.8 Å². The molecule has 3 N–H and O–H groups in total. The van der Waals surface area contributed by atoms with Gasteiger partial charge in [-0.3, -0.25) is 14.4 Å². The van der Waals surface area contributed by atoms with Gasteiger partial charge in [0, 0.05) is 11.1 Å². The number of aliphatic carboxylic acids is 1. The fourth-order valence-electron chi connectivity index (χ4n) is 2.75. The fraction of sp³-hybridized carbons (Fsp3) is 0.615. The number of carboxylic acid groups (broad SMARTS) is 1. The summed E-state index contributed by atoms with van der Waals surface area (Å²) in [5, 5.41) is 13.6.